The summed E-state index contributed by atoms with van der Waals surface area (Å²) in [5, 5.41) is 3.07. The smallest absolute Gasteiger partial charge is 0.284 e. The number of thiazole rings is 1. The number of carbonyl (C=O) groups excluding carboxylic acids is 1. The monoisotopic (exact) mass is 439 g/mol. The normalized spacial score (nSPS) is 11.4. The van der Waals surface area contributed by atoms with Crippen molar-refractivity contribution in [2.45, 2.75) is 18.7 Å². The highest BCUT2D eigenvalue weighted by Crippen LogP contribution is 2.23. The largest absolute Gasteiger partial charge is 0.320 e. The van der Waals surface area contributed by atoms with E-state index in [9.17, 15) is 13.2 Å². The number of anilines is 2. The molecule has 1 amide bonds. The molecule has 30 heavy (non-hydrogen) atoms. The molecule has 0 unspecified atom stereocenters. The van der Waals surface area contributed by atoms with Gasteiger partial charge in [-0.15, -0.1) is 11.3 Å². The van der Waals surface area contributed by atoms with E-state index in [1.165, 1.54) is 35.6 Å². The van der Waals surface area contributed by atoms with Gasteiger partial charge in [0, 0.05) is 17.1 Å². The van der Waals surface area contributed by atoms with E-state index in [2.05, 4.69) is 25.0 Å². The first-order chi connectivity index (χ1) is 14.3. The third-order valence-corrected chi connectivity index (χ3v) is 6.50. The lowest BCUT2D eigenvalue weighted by atomic mass is 10.3. The average Bonchev–Trinajstić information content (AvgIpc) is 3.11. The van der Waals surface area contributed by atoms with Gasteiger partial charge < -0.3 is 5.32 Å². The summed E-state index contributed by atoms with van der Waals surface area (Å²) in [5.41, 5.74) is 2.54. The van der Waals surface area contributed by atoms with Gasteiger partial charge in [0.2, 0.25) is 5.95 Å². The number of amides is 1. The molecule has 10 heteroatoms. The molecule has 0 saturated heterocycles. The van der Waals surface area contributed by atoms with Gasteiger partial charge in [-0.3, -0.25) is 4.79 Å². The molecule has 0 spiro atoms. The van der Waals surface area contributed by atoms with Crippen LogP contribution in [0.5, 0.6) is 0 Å². The van der Waals surface area contributed by atoms with Crippen LogP contribution in [0.3, 0.4) is 0 Å². The molecule has 0 aliphatic heterocycles. The first-order valence-electron chi connectivity index (χ1n) is 8.92. The zero-order valence-electron chi connectivity index (χ0n) is 16.1. The summed E-state index contributed by atoms with van der Waals surface area (Å²) >= 11 is 1.29. The minimum Gasteiger partial charge on any atom is -0.320 e. The van der Waals surface area contributed by atoms with Crippen molar-refractivity contribution in [1.82, 2.24) is 15.0 Å². The summed E-state index contributed by atoms with van der Waals surface area (Å²) in [6.45, 7) is 3.52. The van der Waals surface area contributed by atoms with Crippen LogP contribution in [0.2, 0.25) is 0 Å². The van der Waals surface area contributed by atoms with Crippen molar-refractivity contribution < 1.29 is 13.2 Å². The number of aryl methyl sites for hydroxylation is 2. The highest BCUT2D eigenvalue weighted by atomic mass is 32.2. The SMILES string of the molecule is Cc1cc(C)nc(NS(=O)(=O)c2ccc(NC(=O)c3nc4ccccc4s3)cc2)n1. The Morgan fingerprint density at radius 3 is 2.27 bits per heavy atom. The van der Waals surface area contributed by atoms with E-state index in [0.29, 0.717) is 22.1 Å². The van der Waals surface area contributed by atoms with Gasteiger partial charge in [-0.1, -0.05) is 12.1 Å². The number of sulfonamides is 1. The van der Waals surface area contributed by atoms with Crippen LogP contribution >= 0.6 is 11.3 Å². The molecule has 0 bridgehead atoms. The number of carbonyl (C=O) groups is 1. The average molecular weight is 440 g/mol. The standard InChI is InChI=1S/C20H17N5O3S2/c1-12-11-13(2)22-20(21-12)25-30(27,28)15-9-7-14(8-10-15)23-18(26)19-24-16-5-3-4-6-17(16)29-19/h3-11H,1-2H3,(H,23,26)(H,21,22,25). The van der Waals surface area contributed by atoms with Crippen LogP contribution in [0.1, 0.15) is 21.2 Å². The van der Waals surface area contributed by atoms with Gasteiger partial charge >= 0.3 is 0 Å². The predicted molar refractivity (Wildman–Crippen MR) is 116 cm³/mol. The van der Waals surface area contributed by atoms with Gasteiger partial charge in [-0.25, -0.2) is 28.1 Å². The first-order valence-corrected chi connectivity index (χ1v) is 11.2. The molecular weight excluding hydrogens is 422 g/mol. The van der Waals surface area contributed by atoms with Crippen LogP contribution in [0.15, 0.2) is 59.5 Å². The summed E-state index contributed by atoms with van der Waals surface area (Å²) in [4.78, 5) is 25.0. The van der Waals surface area contributed by atoms with Crippen molar-refractivity contribution in [3.8, 4) is 0 Å². The Morgan fingerprint density at radius 1 is 0.933 bits per heavy atom. The molecule has 2 aromatic heterocycles. The highest BCUT2D eigenvalue weighted by Gasteiger charge is 2.17. The van der Waals surface area contributed by atoms with E-state index in [-0.39, 0.29) is 16.8 Å². The molecule has 0 aliphatic carbocycles. The fourth-order valence-corrected chi connectivity index (χ4v) is 4.63. The molecule has 0 aliphatic rings. The molecule has 0 saturated carbocycles. The van der Waals surface area contributed by atoms with Gasteiger partial charge in [-0.2, -0.15) is 0 Å². The van der Waals surface area contributed by atoms with Gasteiger partial charge in [0.1, 0.15) is 0 Å². The third-order valence-electron chi connectivity index (χ3n) is 4.12. The number of fused-ring (bicyclic) bond motifs is 1. The van der Waals surface area contributed by atoms with Crippen LogP contribution in [-0.4, -0.2) is 29.3 Å². The second-order valence-electron chi connectivity index (χ2n) is 6.55. The van der Waals surface area contributed by atoms with Crippen molar-refractivity contribution in [2.75, 3.05) is 10.0 Å². The van der Waals surface area contributed by atoms with Crippen LogP contribution < -0.4 is 10.0 Å². The zero-order valence-corrected chi connectivity index (χ0v) is 17.7. The molecule has 4 aromatic rings. The Kier molecular flexibility index (Phi) is 5.18. The van der Waals surface area contributed by atoms with Crippen LogP contribution in [-0.2, 0) is 10.0 Å². The summed E-state index contributed by atoms with van der Waals surface area (Å²) in [6, 6.07) is 15.1. The van der Waals surface area contributed by atoms with Gasteiger partial charge in [-0.05, 0) is 56.3 Å². The Morgan fingerprint density at radius 2 is 1.60 bits per heavy atom. The lowest BCUT2D eigenvalue weighted by molar-refractivity contribution is 0.102. The lowest BCUT2D eigenvalue weighted by Crippen LogP contribution is -2.16. The second kappa shape index (κ2) is 7.81. The Hall–Kier alpha value is -3.37. The molecule has 4 rings (SSSR count). The van der Waals surface area contributed by atoms with E-state index in [1.54, 1.807) is 19.9 Å². The maximum absolute atomic E-state index is 12.6. The topological polar surface area (TPSA) is 114 Å². The minimum atomic E-state index is -3.86. The Labute approximate surface area is 177 Å². The number of hydrogen-bond donors (Lipinski definition) is 2. The minimum absolute atomic E-state index is 0.0146. The lowest BCUT2D eigenvalue weighted by Gasteiger charge is -2.09. The van der Waals surface area contributed by atoms with E-state index >= 15 is 0 Å². The maximum atomic E-state index is 12.6. The van der Waals surface area contributed by atoms with E-state index in [1.807, 2.05) is 24.3 Å². The second-order valence-corrected chi connectivity index (χ2v) is 9.26. The van der Waals surface area contributed by atoms with Crippen LogP contribution in [0, 0.1) is 13.8 Å². The number of benzene rings is 2. The molecule has 152 valence electrons. The molecule has 0 radical (unpaired) electrons. The van der Waals surface area contributed by atoms with Crippen molar-refractivity contribution in [2.24, 2.45) is 0 Å². The maximum Gasteiger partial charge on any atom is 0.284 e. The third kappa shape index (κ3) is 4.29. The van der Waals surface area contributed by atoms with Gasteiger partial charge in [0.15, 0.2) is 5.01 Å². The molecule has 0 atom stereocenters. The summed E-state index contributed by atoms with van der Waals surface area (Å²) in [6.07, 6.45) is 0. The first kappa shape index (κ1) is 19.9. The fraction of sp³-hybridized carbons (Fsp3) is 0.100. The van der Waals surface area contributed by atoms with Crippen molar-refractivity contribution in [3.05, 3.63) is 71.0 Å². The molecule has 2 N–H and O–H groups in total. The number of hydrogen-bond acceptors (Lipinski definition) is 7. The summed E-state index contributed by atoms with van der Waals surface area (Å²) in [5.74, 6) is -0.339. The number of nitrogens with one attached hydrogen (secondary N) is 2. The van der Waals surface area contributed by atoms with Gasteiger partial charge in [0.25, 0.3) is 15.9 Å². The number of rotatable bonds is 5. The fourth-order valence-electron chi connectivity index (χ4n) is 2.82. The zero-order chi connectivity index (χ0) is 21.3. The summed E-state index contributed by atoms with van der Waals surface area (Å²) < 4.78 is 28.5. The Balaban J connectivity index is 1.49. The predicted octanol–water partition coefficient (Wildman–Crippen LogP) is 3.76. The van der Waals surface area contributed by atoms with Crippen molar-refractivity contribution >= 4 is 49.1 Å². The summed E-state index contributed by atoms with van der Waals surface area (Å²) in [7, 11) is -3.86. The van der Waals surface area contributed by atoms with Gasteiger partial charge in [0.05, 0.1) is 15.1 Å². The van der Waals surface area contributed by atoms with Crippen LogP contribution in [0.25, 0.3) is 10.2 Å². The van der Waals surface area contributed by atoms with Crippen molar-refractivity contribution in [1.29, 1.82) is 0 Å². The molecular formula is C20H17N5O3S2. The Bertz CT molecular complexity index is 1300. The molecule has 2 heterocycles. The van der Waals surface area contributed by atoms with Crippen LogP contribution in [0.4, 0.5) is 11.6 Å². The van der Waals surface area contributed by atoms with Crippen molar-refractivity contribution in [3.63, 3.8) is 0 Å². The molecule has 2 aromatic carbocycles. The molecule has 0 fully saturated rings. The van der Waals surface area contributed by atoms with E-state index in [4.69, 9.17) is 0 Å². The van der Waals surface area contributed by atoms with E-state index < -0.39 is 10.0 Å². The number of para-hydroxylation sites is 1. The highest BCUT2D eigenvalue weighted by molar-refractivity contribution is 7.92. The molecule has 8 nitrogen and oxygen atoms in total. The number of aromatic nitrogens is 3. The van der Waals surface area contributed by atoms with E-state index in [0.717, 1.165) is 10.2 Å². The number of nitrogens with zero attached hydrogens (tertiary/aromatic N) is 3. The quantitative estimate of drug-likeness (QED) is 0.489.